The molecular weight excluding hydrogens is 758 g/mol. The fourth-order valence-corrected chi connectivity index (χ4v) is 7.33. The van der Waals surface area contributed by atoms with Crippen molar-refractivity contribution in [2.75, 3.05) is 26.1 Å². The first-order valence-corrected chi connectivity index (χ1v) is 19.2. The number of methoxy groups -OCH3 is 2. The van der Waals surface area contributed by atoms with Crippen LogP contribution in [0.2, 0.25) is 0 Å². The zero-order valence-electron chi connectivity index (χ0n) is 31.3. The van der Waals surface area contributed by atoms with Gasteiger partial charge in [-0.3, -0.25) is 24.4 Å². The number of ether oxygens (including phenoxy) is 4. The molecule has 2 N–H and O–H groups in total. The Kier molecular flexibility index (Phi) is 11.8. The standard InChI is InChI=1S/C40H40FN6O9P/c1-24(2)36(48)43-39-42-35-33(37(49)44-39)45-46-47(35)38-34(56-57(50)55-30-13-9-6-10-14-30)32(41)31(54-38)23-53-40(25-11-7-5-8-12-25,26-15-19-28(51-3)20-16-26)27-17-21-29(52-4)22-18-27/h5-22,24,31-32,34,38,57H,23H2,1-4H3,(H2,42,43,44,48,49)/t31-,32-,34+,38-/m1/s1. The summed E-state index contributed by atoms with van der Waals surface area (Å²) in [6, 6.07) is 32.4. The Balaban J connectivity index is 1.28. The molecule has 1 aliphatic rings. The number of hydrogen-bond acceptors (Lipinski definition) is 12. The molecule has 7 rings (SSSR count). The summed E-state index contributed by atoms with van der Waals surface area (Å²) >= 11 is 0. The number of nitrogens with one attached hydrogen (secondary N) is 2. The highest BCUT2D eigenvalue weighted by molar-refractivity contribution is 7.33. The predicted octanol–water partition coefficient (Wildman–Crippen LogP) is 6.22. The van der Waals surface area contributed by atoms with Crippen molar-refractivity contribution in [3.8, 4) is 17.2 Å². The summed E-state index contributed by atoms with van der Waals surface area (Å²) in [5.41, 5.74) is -0.305. The molecule has 4 aromatic carbocycles. The van der Waals surface area contributed by atoms with Crippen LogP contribution in [0.15, 0.2) is 114 Å². The molecule has 3 heterocycles. The molecule has 296 valence electrons. The summed E-state index contributed by atoms with van der Waals surface area (Å²) in [6.07, 6.45) is -6.47. The molecule has 1 saturated heterocycles. The minimum atomic E-state index is -3.42. The van der Waals surface area contributed by atoms with Crippen molar-refractivity contribution in [1.82, 2.24) is 25.0 Å². The largest absolute Gasteiger partial charge is 0.497 e. The highest BCUT2D eigenvalue weighted by Gasteiger charge is 2.51. The Hall–Kier alpha value is -5.93. The predicted molar refractivity (Wildman–Crippen MR) is 207 cm³/mol. The van der Waals surface area contributed by atoms with Gasteiger partial charge in [-0.25, -0.2) is 8.96 Å². The van der Waals surface area contributed by atoms with E-state index in [1.54, 1.807) is 82.7 Å². The van der Waals surface area contributed by atoms with Crippen LogP contribution in [0.5, 0.6) is 17.2 Å². The van der Waals surface area contributed by atoms with Crippen molar-refractivity contribution >= 4 is 31.3 Å². The molecule has 6 aromatic rings. The van der Waals surface area contributed by atoms with Crippen LogP contribution in [-0.2, 0) is 29.0 Å². The molecule has 17 heteroatoms. The molecule has 57 heavy (non-hydrogen) atoms. The van der Waals surface area contributed by atoms with Gasteiger partial charge in [-0.15, -0.1) is 5.10 Å². The van der Waals surface area contributed by atoms with Crippen LogP contribution in [0.4, 0.5) is 10.3 Å². The smallest absolute Gasteiger partial charge is 0.368 e. The Bertz CT molecular complexity index is 2330. The quantitative estimate of drug-likeness (QED) is 0.0887. The average Bonchev–Trinajstić information content (AvgIpc) is 3.79. The number of para-hydroxylation sites is 1. The van der Waals surface area contributed by atoms with E-state index in [2.05, 4.69) is 25.6 Å². The van der Waals surface area contributed by atoms with Gasteiger partial charge in [0, 0.05) is 5.92 Å². The Morgan fingerprint density at radius 2 is 1.47 bits per heavy atom. The van der Waals surface area contributed by atoms with E-state index in [9.17, 15) is 14.2 Å². The lowest BCUT2D eigenvalue weighted by atomic mass is 9.80. The molecule has 15 nitrogen and oxygen atoms in total. The van der Waals surface area contributed by atoms with E-state index in [1.165, 1.54) is 0 Å². The van der Waals surface area contributed by atoms with Crippen LogP contribution in [0, 0.1) is 5.92 Å². The Morgan fingerprint density at radius 1 is 0.895 bits per heavy atom. The fraction of sp³-hybridized carbons (Fsp3) is 0.275. The van der Waals surface area contributed by atoms with Gasteiger partial charge >= 0.3 is 8.25 Å². The number of halogens is 1. The van der Waals surface area contributed by atoms with Crippen LogP contribution in [-0.4, -0.2) is 70.1 Å². The maximum Gasteiger partial charge on any atom is 0.368 e. The van der Waals surface area contributed by atoms with E-state index in [-0.39, 0.29) is 29.5 Å². The van der Waals surface area contributed by atoms with E-state index in [0.29, 0.717) is 22.6 Å². The number of rotatable bonds is 15. The number of aromatic nitrogens is 5. The Labute approximate surface area is 327 Å². The number of carbonyl (C=O) groups excluding carboxylic acids is 1. The number of H-pyrrole nitrogens is 1. The zero-order valence-corrected chi connectivity index (χ0v) is 32.3. The maximum absolute atomic E-state index is 17.0. The summed E-state index contributed by atoms with van der Waals surface area (Å²) in [7, 11) is -0.285. The first-order valence-electron chi connectivity index (χ1n) is 18.0. The minimum Gasteiger partial charge on any atom is -0.497 e. The first-order chi connectivity index (χ1) is 27.6. The number of alkyl halides is 1. The number of hydrogen-bond donors (Lipinski definition) is 2. The lowest BCUT2D eigenvalue weighted by molar-refractivity contribution is -0.118. The third-order valence-electron chi connectivity index (χ3n) is 9.42. The monoisotopic (exact) mass is 798 g/mol. The minimum absolute atomic E-state index is 0.149. The number of benzene rings is 4. The van der Waals surface area contributed by atoms with E-state index in [0.717, 1.165) is 10.2 Å². The molecule has 1 unspecified atom stereocenters. The van der Waals surface area contributed by atoms with Crippen molar-refractivity contribution in [3.63, 3.8) is 0 Å². The lowest BCUT2D eigenvalue weighted by Crippen LogP contribution is -2.38. The molecule has 0 radical (unpaired) electrons. The van der Waals surface area contributed by atoms with Gasteiger partial charge in [0.1, 0.15) is 35.1 Å². The topological polar surface area (TPSA) is 178 Å². The summed E-state index contributed by atoms with van der Waals surface area (Å²) in [6.45, 7) is 2.97. The van der Waals surface area contributed by atoms with Gasteiger partial charge in [0.2, 0.25) is 11.9 Å². The Morgan fingerprint density at radius 3 is 2.05 bits per heavy atom. The van der Waals surface area contributed by atoms with Crippen LogP contribution >= 0.6 is 8.25 Å². The molecule has 0 spiro atoms. The molecule has 1 amide bonds. The number of fused-ring (bicyclic) bond motifs is 1. The highest BCUT2D eigenvalue weighted by atomic mass is 31.1. The molecule has 1 aliphatic heterocycles. The number of anilines is 1. The third kappa shape index (κ3) is 8.16. The molecule has 0 saturated carbocycles. The summed E-state index contributed by atoms with van der Waals surface area (Å²) in [5.74, 6) is 0.447. The van der Waals surface area contributed by atoms with Gasteiger partial charge < -0.3 is 23.5 Å². The van der Waals surface area contributed by atoms with Gasteiger partial charge in [0.05, 0.1) is 20.8 Å². The van der Waals surface area contributed by atoms with E-state index in [4.69, 9.17) is 28.0 Å². The summed E-state index contributed by atoms with van der Waals surface area (Å²) in [4.78, 5) is 32.4. The van der Waals surface area contributed by atoms with Crippen molar-refractivity contribution in [2.24, 2.45) is 5.92 Å². The average molecular weight is 799 g/mol. The number of aromatic amines is 1. The summed E-state index contributed by atoms with van der Waals surface area (Å²) < 4.78 is 67.0. The van der Waals surface area contributed by atoms with Gasteiger partial charge in [-0.1, -0.05) is 91.9 Å². The second-order valence-electron chi connectivity index (χ2n) is 13.3. The van der Waals surface area contributed by atoms with Crippen molar-refractivity contribution in [2.45, 2.75) is 44.1 Å². The summed E-state index contributed by atoms with van der Waals surface area (Å²) in [5, 5.41) is 10.6. The van der Waals surface area contributed by atoms with Crippen LogP contribution in [0.1, 0.15) is 36.8 Å². The second kappa shape index (κ2) is 17.1. The maximum atomic E-state index is 17.0. The molecule has 5 atom stereocenters. The van der Waals surface area contributed by atoms with Crippen molar-refractivity contribution in [1.29, 1.82) is 0 Å². The van der Waals surface area contributed by atoms with Crippen LogP contribution < -0.4 is 24.9 Å². The molecule has 0 aliphatic carbocycles. The second-order valence-corrected chi connectivity index (χ2v) is 14.3. The number of nitrogens with zero attached hydrogens (tertiary/aromatic N) is 4. The number of carbonyl (C=O) groups is 1. The molecule has 1 fully saturated rings. The van der Waals surface area contributed by atoms with Gasteiger partial charge in [0.25, 0.3) is 5.56 Å². The highest BCUT2D eigenvalue weighted by Crippen LogP contribution is 2.45. The fourth-order valence-electron chi connectivity index (χ4n) is 6.48. The number of amides is 1. The normalized spacial score (nSPS) is 18.7. The zero-order chi connectivity index (χ0) is 40.1. The first kappa shape index (κ1) is 39.3. The van der Waals surface area contributed by atoms with Gasteiger partial charge in [0.15, 0.2) is 23.6 Å². The van der Waals surface area contributed by atoms with E-state index < -0.39 is 55.8 Å². The van der Waals surface area contributed by atoms with Crippen LogP contribution in [0.25, 0.3) is 11.2 Å². The molecule has 2 aromatic heterocycles. The lowest BCUT2D eigenvalue weighted by Gasteiger charge is -2.37. The molecular formula is C40H40FN6O9P. The van der Waals surface area contributed by atoms with Crippen molar-refractivity contribution < 1.29 is 41.7 Å². The van der Waals surface area contributed by atoms with Gasteiger partial charge in [-0.05, 0) is 53.1 Å². The van der Waals surface area contributed by atoms with E-state index >= 15 is 4.39 Å². The molecule has 0 bridgehead atoms. The van der Waals surface area contributed by atoms with E-state index in [1.807, 2.05) is 54.6 Å². The SMILES string of the molecule is COc1ccc(C(OC[C@H]2O[C@@H](n3nnc4c(=O)[nH]c(NC(=O)C(C)C)nc43)[C@@H](O[PH](=O)Oc3ccccc3)[C@@H]2F)(c2ccccc2)c2ccc(OC)cc2)cc1. The van der Waals surface area contributed by atoms with Crippen molar-refractivity contribution in [3.05, 3.63) is 136 Å². The third-order valence-corrected chi connectivity index (χ3v) is 10.3. The van der Waals surface area contributed by atoms with Crippen LogP contribution in [0.3, 0.4) is 0 Å². The van der Waals surface area contributed by atoms with Gasteiger partial charge in [-0.2, -0.15) is 9.67 Å².